The number of rotatable bonds is 6. The summed E-state index contributed by atoms with van der Waals surface area (Å²) >= 11 is 0. The number of amides is 1. The average Bonchev–Trinajstić information content (AvgIpc) is 2.41. The standard InChI is InChI=1S/C13H17FN2O4/c1-8-10(14)5-9(6-11(8)15)13(18)20-7-12(17)16-3-4-19-2/h5-6H,3-4,7,15H2,1-2H3,(H,16,17). The molecular formula is C13H17FN2O4. The Morgan fingerprint density at radius 3 is 2.70 bits per heavy atom. The van der Waals surface area contributed by atoms with Crippen molar-refractivity contribution in [2.24, 2.45) is 0 Å². The van der Waals surface area contributed by atoms with Crippen molar-refractivity contribution in [3.05, 3.63) is 29.1 Å². The highest BCUT2D eigenvalue weighted by molar-refractivity contribution is 5.92. The number of halogens is 1. The van der Waals surface area contributed by atoms with Crippen molar-refractivity contribution in [1.82, 2.24) is 5.32 Å². The Hall–Kier alpha value is -2.15. The van der Waals surface area contributed by atoms with Gasteiger partial charge in [-0.05, 0) is 19.1 Å². The van der Waals surface area contributed by atoms with Gasteiger partial charge in [0.1, 0.15) is 5.82 Å². The summed E-state index contributed by atoms with van der Waals surface area (Å²) < 4.78 is 22.9. The summed E-state index contributed by atoms with van der Waals surface area (Å²) in [6.45, 7) is 1.74. The molecule has 0 aliphatic rings. The van der Waals surface area contributed by atoms with Crippen molar-refractivity contribution >= 4 is 17.6 Å². The van der Waals surface area contributed by atoms with Crippen LogP contribution in [0.3, 0.4) is 0 Å². The van der Waals surface area contributed by atoms with Crippen LogP contribution in [0.15, 0.2) is 12.1 Å². The highest BCUT2D eigenvalue weighted by Crippen LogP contribution is 2.18. The number of esters is 1. The van der Waals surface area contributed by atoms with Crippen molar-refractivity contribution in [3.63, 3.8) is 0 Å². The number of anilines is 1. The number of nitrogen functional groups attached to an aromatic ring is 1. The highest BCUT2D eigenvalue weighted by Gasteiger charge is 2.13. The summed E-state index contributed by atoms with van der Waals surface area (Å²) in [6.07, 6.45) is 0. The molecule has 110 valence electrons. The lowest BCUT2D eigenvalue weighted by molar-refractivity contribution is -0.124. The number of methoxy groups -OCH3 is 1. The molecule has 0 bridgehead atoms. The van der Waals surface area contributed by atoms with Gasteiger partial charge >= 0.3 is 5.97 Å². The van der Waals surface area contributed by atoms with E-state index in [1.807, 2.05) is 0 Å². The van der Waals surface area contributed by atoms with Gasteiger partial charge in [0.15, 0.2) is 6.61 Å². The quantitative estimate of drug-likeness (QED) is 0.454. The van der Waals surface area contributed by atoms with Crippen LogP contribution < -0.4 is 11.1 Å². The van der Waals surface area contributed by atoms with E-state index in [4.69, 9.17) is 15.2 Å². The first-order valence-electron chi connectivity index (χ1n) is 5.94. The summed E-state index contributed by atoms with van der Waals surface area (Å²) in [6, 6.07) is 2.33. The van der Waals surface area contributed by atoms with Gasteiger partial charge in [-0.1, -0.05) is 0 Å². The van der Waals surface area contributed by atoms with Crippen LogP contribution in [-0.4, -0.2) is 38.7 Å². The van der Waals surface area contributed by atoms with Crippen LogP contribution in [0, 0.1) is 12.7 Å². The van der Waals surface area contributed by atoms with Crippen LogP contribution in [0.4, 0.5) is 10.1 Å². The second-order valence-corrected chi connectivity index (χ2v) is 4.09. The van der Waals surface area contributed by atoms with Gasteiger partial charge in [-0.25, -0.2) is 9.18 Å². The summed E-state index contributed by atoms with van der Waals surface area (Å²) in [4.78, 5) is 22.9. The summed E-state index contributed by atoms with van der Waals surface area (Å²) in [7, 11) is 1.50. The molecule has 1 aromatic carbocycles. The minimum Gasteiger partial charge on any atom is -0.452 e. The molecule has 0 fully saturated rings. The van der Waals surface area contributed by atoms with Crippen LogP contribution in [0.2, 0.25) is 0 Å². The van der Waals surface area contributed by atoms with Crippen LogP contribution in [-0.2, 0) is 14.3 Å². The minimum atomic E-state index is -0.808. The van der Waals surface area contributed by atoms with Gasteiger partial charge < -0.3 is 20.5 Å². The fourth-order valence-electron chi connectivity index (χ4n) is 1.38. The molecule has 0 aliphatic carbocycles. The van der Waals surface area contributed by atoms with E-state index in [0.29, 0.717) is 13.2 Å². The number of nitrogens with two attached hydrogens (primary N) is 1. The molecule has 0 unspecified atom stereocenters. The minimum absolute atomic E-state index is 0.0321. The molecule has 6 nitrogen and oxygen atoms in total. The van der Waals surface area contributed by atoms with Gasteiger partial charge in [0.25, 0.3) is 5.91 Å². The number of benzene rings is 1. The first kappa shape index (κ1) is 15.9. The Morgan fingerprint density at radius 1 is 1.40 bits per heavy atom. The molecule has 0 atom stereocenters. The first-order chi connectivity index (χ1) is 9.45. The molecule has 0 aliphatic heterocycles. The maximum Gasteiger partial charge on any atom is 0.338 e. The smallest absolute Gasteiger partial charge is 0.338 e. The van der Waals surface area contributed by atoms with Gasteiger partial charge in [0, 0.05) is 24.9 Å². The zero-order valence-corrected chi connectivity index (χ0v) is 11.4. The topological polar surface area (TPSA) is 90.6 Å². The molecule has 0 aromatic heterocycles. The molecule has 1 amide bonds. The van der Waals surface area contributed by atoms with Gasteiger partial charge in [0.05, 0.1) is 12.2 Å². The molecule has 0 saturated carbocycles. The van der Waals surface area contributed by atoms with Crippen molar-refractivity contribution in [3.8, 4) is 0 Å². The molecule has 20 heavy (non-hydrogen) atoms. The summed E-state index contributed by atoms with van der Waals surface area (Å²) in [5.74, 6) is -1.87. The van der Waals surface area contributed by atoms with E-state index < -0.39 is 24.3 Å². The largest absolute Gasteiger partial charge is 0.452 e. The third-order valence-corrected chi connectivity index (χ3v) is 2.58. The number of hydrogen-bond donors (Lipinski definition) is 2. The van der Waals surface area contributed by atoms with E-state index in [9.17, 15) is 14.0 Å². The summed E-state index contributed by atoms with van der Waals surface area (Å²) in [5, 5.41) is 2.48. The van der Waals surface area contributed by atoms with E-state index in [1.54, 1.807) is 0 Å². The zero-order valence-electron chi connectivity index (χ0n) is 11.4. The predicted molar refractivity (Wildman–Crippen MR) is 70.7 cm³/mol. The van der Waals surface area contributed by atoms with Crippen LogP contribution in [0.1, 0.15) is 15.9 Å². The maximum atomic E-state index is 13.4. The van der Waals surface area contributed by atoms with Gasteiger partial charge in [-0.2, -0.15) is 0 Å². The normalized spacial score (nSPS) is 10.2. The number of carbonyl (C=O) groups is 2. The lowest BCUT2D eigenvalue weighted by Gasteiger charge is -2.08. The van der Waals surface area contributed by atoms with Crippen molar-refractivity contribution in [2.75, 3.05) is 32.6 Å². The van der Waals surface area contributed by atoms with Gasteiger partial charge in [-0.3, -0.25) is 4.79 Å². The Bertz CT molecular complexity index is 482. The van der Waals surface area contributed by atoms with Crippen LogP contribution >= 0.6 is 0 Å². The Morgan fingerprint density at radius 2 is 2.10 bits per heavy atom. The predicted octanol–water partition coefficient (Wildman–Crippen LogP) is 0.636. The number of nitrogens with one attached hydrogen (secondary N) is 1. The lowest BCUT2D eigenvalue weighted by Crippen LogP contribution is -2.31. The molecule has 0 saturated heterocycles. The molecule has 0 radical (unpaired) electrons. The SMILES string of the molecule is COCCNC(=O)COC(=O)c1cc(N)c(C)c(F)c1. The van der Waals surface area contributed by atoms with Crippen molar-refractivity contribution < 1.29 is 23.5 Å². The van der Waals surface area contributed by atoms with E-state index in [1.165, 1.54) is 20.1 Å². The van der Waals surface area contributed by atoms with E-state index in [0.717, 1.165) is 6.07 Å². The molecule has 1 rings (SSSR count). The van der Waals surface area contributed by atoms with Crippen LogP contribution in [0.25, 0.3) is 0 Å². The summed E-state index contributed by atoms with van der Waals surface area (Å²) in [5.41, 5.74) is 5.94. The third kappa shape index (κ3) is 4.51. The van der Waals surface area contributed by atoms with Gasteiger partial charge in [0.2, 0.25) is 0 Å². The Balaban J connectivity index is 2.53. The second kappa shape index (κ2) is 7.44. The zero-order chi connectivity index (χ0) is 15.1. The molecule has 0 heterocycles. The van der Waals surface area contributed by atoms with Crippen molar-refractivity contribution in [1.29, 1.82) is 0 Å². The van der Waals surface area contributed by atoms with E-state index in [2.05, 4.69) is 5.32 Å². The fourth-order valence-corrected chi connectivity index (χ4v) is 1.38. The van der Waals surface area contributed by atoms with E-state index in [-0.39, 0.29) is 16.8 Å². The van der Waals surface area contributed by atoms with Crippen molar-refractivity contribution in [2.45, 2.75) is 6.92 Å². The number of hydrogen-bond acceptors (Lipinski definition) is 5. The molecule has 1 aromatic rings. The fraction of sp³-hybridized carbons (Fsp3) is 0.385. The Labute approximate surface area is 116 Å². The molecule has 3 N–H and O–H groups in total. The molecule has 0 spiro atoms. The molecule has 7 heteroatoms. The molecular weight excluding hydrogens is 267 g/mol. The first-order valence-corrected chi connectivity index (χ1v) is 5.94. The number of carbonyl (C=O) groups excluding carboxylic acids is 2. The van der Waals surface area contributed by atoms with E-state index >= 15 is 0 Å². The number of ether oxygens (including phenoxy) is 2. The van der Waals surface area contributed by atoms with Gasteiger partial charge in [-0.15, -0.1) is 0 Å². The monoisotopic (exact) mass is 284 g/mol. The maximum absolute atomic E-state index is 13.4. The Kier molecular flexibility index (Phi) is 5.92. The lowest BCUT2D eigenvalue weighted by atomic mass is 10.1. The average molecular weight is 284 g/mol. The second-order valence-electron chi connectivity index (χ2n) is 4.09. The third-order valence-electron chi connectivity index (χ3n) is 2.58. The van der Waals surface area contributed by atoms with Crippen LogP contribution in [0.5, 0.6) is 0 Å². The highest BCUT2D eigenvalue weighted by atomic mass is 19.1.